The molecule has 0 spiro atoms. The summed E-state index contributed by atoms with van der Waals surface area (Å²) in [7, 11) is 1.52. The molecule has 1 heterocycles. The van der Waals surface area contributed by atoms with Gasteiger partial charge in [0.15, 0.2) is 5.43 Å². The Morgan fingerprint density at radius 1 is 1.00 bits per heavy atom. The quantitative estimate of drug-likeness (QED) is 0.274. The molecule has 0 bridgehead atoms. The molecule has 4 aromatic rings. The fourth-order valence-corrected chi connectivity index (χ4v) is 4.29. The summed E-state index contributed by atoms with van der Waals surface area (Å²) in [6, 6.07) is 19.3. The maximum absolute atomic E-state index is 13.8. The zero-order valence-electron chi connectivity index (χ0n) is 22.2. The lowest BCUT2D eigenvalue weighted by Crippen LogP contribution is -2.46. The van der Waals surface area contributed by atoms with Crippen LogP contribution in [0.4, 0.5) is 4.39 Å². The number of methoxy groups -OCH3 is 1. The number of carbonyl (C=O) groups excluding carboxylic acids is 2. The van der Waals surface area contributed by atoms with Crippen molar-refractivity contribution < 1.29 is 23.1 Å². The molecule has 8 heteroatoms. The van der Waals surface area contributed by atoms with Crippen LogP contribution in [0.5, 0.6) is 5.75 Å². The maximum Gasteiger partial charge on any atom is 0.254 e. The molecular weight excluding hydrogens is 499 g/mol. The minimum Gasteiger partial charge on any atom is -0.497 e. The summed E-state index contributed by atoms with van der Waals surface area (Å²) in [6.07, 6.45) is 2.00. The van der Waals surface area contributed by atoms with Crippen molar-refractivity contribution in [1.29, 1.82) is 0 Å². The van der Waals surface area contributed by atoms with E-state index in [0.717, 1.165) is 0 Å². The average molecular weight is 531 g/mol. The van der Waals surface area contributed by atoms with E-state index < -0.39 is 5.82 Å². The van der Waals surface area contributed by atoms with Crippen molar-refractivity contribution in [2.45, 2.75) is 39.4 Å². The van der Waals surface area contributed by atoms with Gasteiger partial charge in [-0.15, -0.1) is 0 Å². The fourth-order valence-electron chi connectivity index (χ4n) is 4.29. The molecule has 3 aromatic carbocycles. The summed E-state index contributed by atoms with van der Waals surface area (Å²) in [5.74, 6) is -0.511. The number of benzene rings is 3. The Hall–Kier alpha value is -4.46. The van der Waals surface area contributed by atoms with Crippen LogP contribution < -0.4 is 10.2 Å². The number of hydrogen-bond acceptors (Lipinski definition) is 5. The van der Waals surface area contributed by atoms with Crippen LogP contribution in [0.25, 0.3) is 11.0 Å². The number of rotatable bonds is 10. The lowest BCUT2D eigenvalue weighted by Gasteiger charge is -2.31. The Morgan fingerprint density at radius 3 is 2.46 bits per heavy atom. The van der Waals surface area contributed by atoms with Gasteiger partial charge in [-0.25, -0.2) is 4.39 Å². The lowest BCUT2D eigenvalue weighted by molar-refractivity contribution is -0.133. The Bertz CT molecular complexity index is 1520. The van der Waals surface area contributed by atoms with Crippen molar-refractivity contribution in [2.75, 3.05) is 13.7 Å². The number of hydrogen-bond donors (Lipinski definition) is 0. The summed E-state index contributed by atoms with van der Waals surface area (Å²) >= 11 is 0. The molecule has 2 amide bonds. The molecule has 0 fully saturated rings. The molecular formula is C31H31FN2O5. The molecule has 0 saturated carbocycles. The van der Waals surface area contributed by atoms with Crippen LogP contribution in [0.2, 0.25) is 0 Å². The van der Waals surface area contributed by atoms with E-state index in [0.29, 0.717) is 39.8 Å². The second-order valence-electron chi connectivity index (χ2n) is 9.38. The van der Waals surface area contributed by atoms with Gasteiger partial charge in [0.05, 0.1) is 30.9 Å². The molecule has 0 saturated heterocycles. The second kappa shape index (κ2) is 12.4. The standard InChI is InChI=1S/C31H31FN2O5/c1-4-21(2)34(31(37)23-8-7-9-26(16-23)38-3)19-29(35)33(17-22-12-14-25(32)15-13-22)18-24-20-39-28-11-6-5-10-27(28)30(24)36/h5-16,20-21H,4,17-19H2,1-3H3. The van der Waals surface area contributed by atoms with Crippen molar-refractivity contribution in [3.05, 3.63) is 112 Å². The largest absolute Gasteiger partial charge is 0.497 e. The zero-order valence-corrected chi connectivity index (χ0v) is 22.2. The molecule has 7 nitrogen and oxygen atoms in total. The van der Waals surface area contributed by atoms with Crippen LogP contribution in [0.15, 0.2) is 88.3 Å². The first-order valence-corrected chi connectivity index (χ1v) is 12.8. The maximum atomic E-state index is 13.8. The number of ether oxygens (including phenoxy) is 1. The minimum atomic E-state index is -0.390. The van der Waals surface area contributed by atoms with E-state index in [1.165, 1.54) is 35.3 Å². The van der Waals surface area contributed by atoms with Crippen molar-refractivity contribution >= 4 is 22.8 Å². The van der Waals surface area contributed by atoms with E-state index in [2.05, 4.69) is 0 Å². The molecule has 1 unspecified atom stereocenters. The van der Waals surface area contributed by atoms with E-state index in [1.807, 2.05) is 13.8 Å². The molecule has 0 aliphatic rings. The molecule has 4 rings (SSSR count). The predicted molar refractivity (Wildman–Crippen MR) is 147 cm³/mol. The van der Waals surface area contributed by atoms with Gasteiger partial charge in [0, 0.05) is 18.2 Å². The van der Waals surface area contributed by atoms with E-state index in [-0.39, 0.29) is 42.9 Å². The third kappa shape index (κ3) is 6.52. The zero-order chi connectivity index (χ0) is 27.9. The number of halogens is 1. The van der Waals surface area contributed by atoms with Crippen molar-refractivity contribution in [2.24, 2.45) is 0 Å². The van der Waals surface area contributed by atoms with Gasteiger partial charge in [-0.05, 0) is 61.4 Å². The summed E-state index contributed by atoms with van der Waals surface area (Å²) in [5, 5.41) is 0.415. The van der Waals surface area contributed by atoms with Crippen molar-refractivity contribution in [3.8, 4) is 5.75 Å². The lowest BCUT2D eigenvalue weighted by atomic mass is 10.1. The molecule has 0 N–H and O–H groups in total. The first-order chi connectivity index (χ1) is 18.8. The van der Waals surface area contributed by atoms with E-state index in [4.69, 9.17) is 9.15 Å². The van der Waals surface area contributed by atoms with Gasteiger partial charge in [-0.3, -0.25) is 14.4 Å². The van der Waals surface area contributed by atoms with Crippen LogP contribution in [0.1, 0.15) is 41.8 Å². The SMILES string of the molecule is CCC(C)N(CC(=O)N(Cc1ccc(F)cc1)Cc1coc2ccccc2c1=O)C(=O)c1cccc(OC)c1. The third-order valence-corrected chi connectivity index (χ3v) is 6.76. The van der Waals surface area contributed by atoms with Crippen LogP contribution in [0.3, 0.4) is 0 Å². The molecule has 0 aliphatic heterocycles. The summed E-state index contributed by atoms with van der Waals surface area (Å²) in [5.41, 5.74) is 1.61. The van der Waals surface area contributed by atoms with Crippen molar-refractivity contribution in [3.63, 3.8) is 0 Å². The van der Waals surface area contributed by atoms with Gasteiger partial charge in [-0.2, -0.15) is 0 Å². The highest BCUT2D eigenvalue weighted by atomic mass is 19.1. The number of amides is 2. The van der Waals surface area contributed by atoms with E-state index in [1.54, 1.807) is 60.7 Å². The molecule has 202 valence electrons. The van der Waals surface area contributed by atoms with Crippen LogP contribution in [0, 0.1) is 5.82 Å². The molecule has 1 aromatic heterocycles. The second-order valence-corrected chi connectivity index (χ2v) is 9.38. The Kier molecular flexibility index (Phi) is 8.76. The van der Waals surface area contributed by atoms with Crippen LogP contribution in [-0.4, -0.2) is 41.3 Å². The van der Waals surface area contributed by atoms with E-state index >= 15 is 0 Å². The van der Waals surface area contributed by atoms with Crippen LogP contribution >= 0.6 is 0 Å². The van der Waals surface area contributed by atoms with Crippen molar-refractivity contribution in [1.82, 2.24) is 9.80 Å². The normalized spacial score (nSPS) is 11.7. The van der Waals surface area contributed by atoms with Gasteiger partial charge in [0.25, 0.3) is 5.91 Å². The Balaban J connectivity index is 1.65. The Morgan fingerprint density at radius 2 is 1.74 bits per heavy atom. The molecule has 0 radical (unpaired) electrons. The number of nitrogens with zero attached hydrogens (tertiary/aromatic N) is 2. The van der Waals surface area contributed by atoms with E-state index in [9.17, 15) is 18.8 Å². The minimum absolute atomic E-state index is 0.0366. The molecule has 1 atom stereocenters. The van der Waals surface area contributed by atoms with Gasteiger partial charge < -0.3 is 19.0 Å². The monoisotopic (exact) mass is 530 g/mol. The highest BCUT2D eigenvalue weighted by molar-refractivity contribution is 5.97. The summed E-state index contributed by atoms with van der Waals surface area (Å²) in [6.45, 7) is 3.70. The third-order valence-electron chi connectivity index (χ3n) is 6.76. The summed E-state index contributed by atoms with van der Waals surface area (Å²) in [4.78, 5) is 43.5. The van der Waals surface area contributed by atoms with Gasteiger partial charge in [0.2, 0.25) is 5.91 Å². The van der Waals surface area contributed by atoms with Gasteiger partial charge in [-0.1, -0.05) is 37.3 Å². The smallest absolute Gasteiger partial charge is 0.254 e. The number of carbonyl (C=O) groups is 2. The van der Waals surface area contributed by atoms with Gasteiger partial charge in [0.1, 0.15) is 23.7 Å². The summed E-state index contributed by atoms with van der Waals surface area (Å²) < 4.78 is 24.5. The average Bonchev–Trinajstić information content (AvgIpc) is 2.97. The highest BCUT2D eigenvalue weighted by Gasteiger charge is 2.27. The number of fused-ring (bicyclic) bond motifs is 1. The Labute approximate surface area is 226 Å². The first kappa shape index (κ1) is 27.6. The molecule has 0 aliphatic carbocycles. The molecule has 39 heavy (non-hydrogen) atoms. The predicted octanol–water partition coefficient (Wildman–Crippen LogP) is 5.41. The van der Waals surface area contributed by atoms with Gasteiger partial charge >= 0.3 is 0 Å². The fraction of sp³-hybridized carbons (Fsp3) is 0.258. The number of para-hydroxylation sites is 1. The van der Waals surface area contributed by atoms with Crippen LogP contribution in [-0.2, 0) is 17.9 Å². The topological polar surface area (TPSA) is 80.1 Å². The first-order valence-electron chi connectivity index (χ1n) is 12.8. The highest BCUT2D eigenvalue weighted by Crippen LogP contribution is 2.19.